The Bertz CT molecular complexity index is 1370. The summed E-state index contributed by atoms with van der Waals surface area (Å²) in [7, 11) is 0. The Morgan fingerprint density at radius 3 is 2.18 bits per heavy atom. The van der Waals surface area contributed by atoms with E-state index in [2.05, 4.69) is 10.6 Å². The lowest BCUT2D eigenvalue weighted by atomic mass is 10.1. The Hall–Kier alpha value is -3.03. The van der Waals surface area contributed by atoms with E-state index in [0.29, 0.717) is 22.0 Å². The Morgan fingerprint density at radius 1 is 0.824 bits per heavy atom. The van der Waals surface area contributed by atoms with Crippen molar-refractivity contribution in [3.05, 3.63) is 97.6 Å². The molecule has 0 atom stereocenters. The van der Waals surface area contributed by atoms with E-state index < -0.39 is 11.8 Å². The first-order chi connectivity index (χ1) is 16.2. The molecule has 0 bridgehead atoms. The Balaban J connectivity index is 1.49. The number of nitrogens with one attached hydrogen (secondary N) is 2. The van der Waals surface area contributed by atoms with Crippen LogP contribution in [0.2, 0.25) is 15.1 Å². The SMILES string of the molecule is Cc1cc(Cl)ccc1NC(=O)c1ccc(NC2=C(Cl)C(=O)N(c3ccc(Cl)c(Cl)c3)C2=O)cc1. The molecule has 3 amide bonds. The number of imide groups is 1. The summed E-state index contributed by atoms with van der Waals surface area (Å²) in [6.07, 6.45) is 0. The number of aryl methyl sites for hydroxylation is 1. The highest BCUT2D eigenvalue weighted by atomic mass is 35.5. The van der Waals surface area contributed by atoms with Gasteiger partial charge in [-0.2, -0.15) is 0 Å². The van der Waals surface area contributed by atoms with Gasteiger partial charge in [-0.3, -0.25) is 14.4 Å². The Morgan fingerprint density at radius 2 is 1.53 bits per heavy atom. The Labute approximate surface area is 215 Å². The van der Waals surface area contributed by atoms with Crippen LogP contribution in [0.25, 0.3) is 0 Å². The molecule has 6 nitrogen and oxygen atoms in total. The predicted molar refractivity (Wildman–Crippen MR) is 136 cm³/mol. The van der Waals surface area contributed by atoms with Gasteiger partial charge in [0.2, 0.25) is 0 Å². The van der Waals surface area contributed by atoms with Crippen LogP contribution in [0.3, 0.4) is 0 Å². The molecule has 0 unspecified atom stereocenters. The second kappa shape index (κ2) is 9.68. The van der Waals surface area contributed by atoms with Gasteiger partial charge in [0.05, 0.1) is 15.7 Å². The van der Waals surface area contributed by atoms with Gasteiger partial charge in [-0.1, -0.05) is 46.4 Å². The number of benzene rings is 3. The molecule has 172 valence electrons. The molecule has 0 fully saturated rings. The van der Waals surface area contributed by atoms with Crippen LogP contribution >= 0.6 is 46.4 Å². The molecule has 0 radical (unpaired) electrons. The number of anilines is 3. The van der Waals surface area contributed by atoms with Crippen molar-refractivity contribution in [2.24, 2.45) is 0 Å². The number of carbonyl (C=O) groups excluding carboxylic acids is 3. The first-order valence-corrected chi connectivity index (χ1v) is 11.3. The second-order valence-corrected chi connectivity index (χ2v) is 8.98. The molecule has 4 rings (SSSR count). The number of hydrogen-bond acceptors (Lipinski definition) is 4. The molecule has 10 heteroatoms. The molecule has 0 aliphatic carbocycles. The fourth-order valence-electron chi connectivity index (χ4n) is 3.28. The number of amides is 3. The van der Waals surface area contributed by atoms with Crippen molar-refractivity contribution < 1.29 is 14.4 Å². The van der Waals surface area contributed by atoms with Crippen molar-refractivity contribution in [1.82, 2.24) is 0 Å². The minimum atomic E-state index is -0.693. The summed E-state index contributed by atoms with van der Waals surface area (Å²) in [6, 6.07) is 15.9. The van der Waals surface area contributed by atoms with Gasteiger partial charge < -0.3 is 10.6 Å². The van der Waals surface area contributed by atoms with Crippen LogP contribution in [-0.4, -0.2) is 17.7 Å². The topological polar surface area (TPSA) is 78.5 Å². The van der Waals surface area contributed by atoms with E-state index in [-0.39, 0.29) is 32.4 Å². The molecule has 0 aromatic heterocycles. The van der Waals surface area contributed by atoms with Crippen molar-refractivity contribution in [2.75, 3.05) is 15.5 Å². The van der Waals surface area contributed by atoms with Gasteiger partial charge in [0, 0.05) is 22.0 Å². The fourth-order valence-corrected chi connectivity index (χ4v) is 4.01. The zero-order chi connectivity index (χ0) is 24.6. The largest absolute Gasteiger partial charge is 0.350 e. The van der Waals surface area contributed by atoms with Gasteiger partial charge in [0.1, 0.15) is 10.7 Å². The van der Waals surface area contributed by atoms with Crippen LogP contribution in [0.5, 0.6) is 0 Å². The molecular weight excluding hydrogens is 520 g/mol. The average molecular weight is 535 g/mol. The maximum Gasteiger partial charge on any atom is 0.283 e. The van der Waals surface area contributed by atoms with E-state index in [1.807, 2.05) is 6.92 Å². The second-order valence-electron chi connectivity index (χ2n) is 7.35. The number of halogens is 4. The molecule has 3 aromatic rings. The highest BCUT2D eigenvalue weighted by molar-refractivity contribution is 6.53. The van der Waals surface area contributed by atoms with Crippen LogP contribution in [0, 0.1) is 6.92 Å². The lowest BCUT2D eigenvalue weighted by molar-refractivity contribution is -0.120. The van der Waals surface area contributed by atoms with Crippen LogP contribution in [0.4, 0.5) is 17.1 Å². The van der Waals surface area contributed by atoms with Crippen molar-refractivity contribution in [3.63, 3.8) is 0 Å². The summed E-state index contributed by atoms with van der Waals surface area (Å²) in [5, 5.41) is 6.48. The number of hydrogen-bond donors (Lipinski definition) is 2. The molecule has 34 heavy (non-hydrogen) atoms. The summed E-state index contributed by atoms with van der Waals surface area (Å²) in [4.78, 5) is 39.0. The summed E-state index contributed by atoms with van der Waals surface area (Å²) in [5.41, 5.74) is 2.48. The summed E-state index contributed by atoms with van der Waals surface area (Å²) < 4.78 is 0. The standard InChI is InChI=1S/C24H15Cl4N3O3/c1-12-10-14(25)4-9-19(12)30-22(32)13-2-5-15(6-3-13)29-21-20(28)23(33)31(24(21)34)16-7-8-17(26)18(27)11-16/h2-11,29H,1H3,(H,30,32). The van der Waals surface area contributed by atoms with Crippen molar-refractivity contribution in [3.8, 4) is 0 Å². The van der Waals surface area contributed by atoms with E-state index >= 15 is 0 Å². The van der Waals surface area contributed by atoms with Crippen LogP contribution in [0.15, 0.2) is 71.4 Å². The third-order valence-corrected chi connectivity index (χ3v) is 6.37. The molecule has 1 aliphatic heterocycles. The summed E-state index contributed by atoms with van der Waals surface area (Å²) in [5.74, 6) is -1.65. The maximum atomic E-state index is 12.9. The minimum absolute atomic E-state index is 0.0910. The van der Waals surface area contributed by atoms with E-state index in [4.69, 9.17) is 46.4 Å². The third-order valence-electron chi connectivity index (χ3n) is 5.04. The van der Waals surface area contributed by atoms with E-state index in [1.54, 1.807) is 42.5 Å². The van der Waals surface area contributed by atoms with Gasteiger partial charge in [-0.05, 0) is 73.2 Å². The average Bonchev–Trinajstić information content (AvgIpc) is 3.01. The number of nitrogens with zero attached hydrogens (tertiary/aromatic N) is 1. The molecule has 1 heterocycles. The minimum Gasteiger partial charge on any atom is -0.350 e. The first kappa shape index (κ1) is 24.1. The molecule has 1 aliphatic rings. The molecule has 0 spiro atoms. The number of rotatable bonds is 5. The van der Waals surface area contributed by atoms with Gasteiger partial charge in [0.25, 0.3) is 17.7 Å². The maximum absolute atomic E-state index is 12.9. The number of carbonyl (C=O) groups is 3. The highest BCUT2D eigenvalue weighted by Crippen LogP contribution is 2.33. The molecule has 0 saturated carbocycles. The highest BCUT2D eigenvalue weighted by Gasteiger charge is 2.39. The monoisotopic (exact) mass is 533 g/mol. The zero-order valence-electron chi connectivity index (χ0n) is 17.5. The van der Waals surface area contributed by atoms with Crippen LogP contribution in [0.1, 0.15) is 15.9 Å². The molecular formula is C24H15Cl4N3O3. The van der Waals surface area contributed by atoms with Gasteiger partial charge >= 0.3 is 0 Å². The first-order valence-electron chi connectivity index (χ1n) is 9.84. The molecule has 0 saturated heterocycles. The normalized spacial score (nSPS) is 13.5. The van der Waals surface area contributed by atoms with Gasteiger partial charge in [0.15, 0.2) is 0 Å². The fraction of sp³-hybridized carbons (Fsp3) is 0.0417. The lowest BCUT2D eigenvalue weighted by Gasteiger charge is -2.15. The van der Waals surface area contributed by atoms with Gasteiger partial charge in [-0.15, -0.1) is 0 Å². The third kappa shape index (κ3) is 4.76. The smallest absolute Gasteiger partial charge is 0.283 e. The van der Waals surface area contributed by atoms with Gasteiger partial charge in [-0.25, -0.2) is 4.90 Å². The van der Waals surface area contributed by atoms with Crippen molar-refractivity contribution >= 4 is 81.2 Å². The van der Waals surface area contributed by atoms with Crippen molar-refractivity contribution in [1.29, 1.82) is 0 Å². The van der Waals surface area contributed by atoms with Crippen molar-refractivity contribution in [2.45, 2.75) is 6.92 Å². The zero-order valence-corrected chi connectivity index (χ0v) is 20.5. The lowest BCUT2D eigenvalue weighted by Crippen LogP contribution is -2.32. The molecule has 3 aromatic carbocycles. The summed E-state index contributed by atoms with van der Waals surface area (Å²) in [6.45, 7) is 1.84. The van der Waals surface area contributed by atoms with Crippen LogP contribution < -0.4 is 15.5 Å². The van der Waals surface area contributed by atoms with E-state index in [9.17, 15) is 14.4 Å². The predicted octanol–water partition coefficient (Wildman–Crippen LogP) is 6.64. The summed E-state index contributed by atoms with van der Waals surface area (Å²) >= 11 is 24.0. The van der Waals surface area contributed by atoms with E-state index in [1.165, 1.54) is 18.2 Å². The van der Waals surface area contributed by atoms with Crippen LogP contribution in [-0.2, 0) is 9.59 Å². The quantitative estimate of drug-likeness (QED) is 0.359. The van der Waals surface area contributed by atoms with E-state index in [0.717, 1.165) is 10.5 Å². The Kier molecular flexibility index (Phi) is 6.86. The molecule has 2 N–H and O–H groups in total.